The molecule has 2 aliphatic rings. The lowest BCUT2D eigenvalue weighted by molar-refractivity contribution is -0.139. The maximum absolute atomic E-state index is 12.5. The van der Waals surface area contributed by atoms with Gasteiger partial charge in [-0.05, 0) is 61.8 Å². The summed E-state index contributed by atoms with van der Waals surface area (Å²) in [5, 5.41) is 23.5. The second-order valence-corrected chi connectivity index (χ2v) is 13.1. The van der Waals surface area contributed by atoms with Crippen molar-refractivity contribution in [1.82, 2.24) is 20.2 Å². The standard InChI is InChI=1S/C25H29F3N6O4S2/c1-15-12-18(31-23(30-15)38-11-8-25(26,27)28)22-33-32-21(39-22)17-3-2-16(20(14-35)40(29,36)37)13-19(17)34-9-6-24(4-5-24)7-10-34/h2-3,12-13,20,35H,4-11,14H2,1H3,(H2,29,36,37). The number of alkyl halides is 3. The van der Waals surface area contributed by atoms with Gasteiger partial charge in [0.25, 0.3) is 0 Å². The number of hydrogen-bond acceptors (Lipinski definition) is 10. The number of anilines is 1. The summed E-state index contributed by atoms with van der Waals surface area (Å²) in [5.74, 6) is 0. The van der Waals surface area contributed by atoms with Crippen molar-refractivity contribution in [2.45, 2.75) is 50.5 Å². The molecule has 15 heteroatoms. The van der Waals surface area contributed by atoms with Crippen LogP contribution in [0.15, 0.2) is 24.3 Å². The third kappa shape index (κ3) is 6.53. The fourth-order valence-electron chi connectivity index (χ4n) is 4.90. The summed E-state index contributed by atoms with van der Waals surface area (Å²) >= 11 is 1.23. The number of halogens is 3. The summed E-state index contributed by atoms with van der Waals surface area (Å²) < 4.78 is 66.9. The molecule has 1 atom stereocenters. The van der Waals surface area contributed by atoms with Gasteiger partial charge in [-0.2, -0.15) is 18.2 Å². The number of piperidine rings is 1. The number of aromatic nitrogens is 4. The highest BCUT2D eigenvalue weighted by Crippen LogP contribution is 2.54. The fourth-order valence-corrected chi connectivity index (χ4v) is 6.47. The molecule has 1 unspecified atom stereocenters. The van der Waals surface area contributed by atoms with E-state index in [9.17, 15) is 26.7 Å². The normalized spacial score (nSPS) is 17.7. The molecule has 3 aromatic rings. The lowest BCUT2D eigenvalue weighted by atomic mass is 9.92. The molecule has 1 aromatic carbocycles. The van der Waals surface area contributed by atoms with Crippen LogP contribution in [-0.2, 0) is 10.0 Å². The second kappa shape index (κ2) is 10.8. The van der Waals surface area contributed by atoms with Gasteiger partial charge in [0.1, 0.15) is 22.6 Å². The lowest BCUT2D eigenvalue weighted by Gasteiger charge is -2.35. The number of benzene rings is 1. The van der Waals surface area contributed by atoms with E-state index in [0.717, 1.165) is 37.2 Å². The van der Waals surface area contributed by atoms with Crippen LogP contribution in [0.1, 0.15) is 48.6 Å². The van der Waals surface area contributed by atoms with Crippen molar-refractivity contribution in [3.63, 3.8) is 0 Å². The van der Waals surface area contributed by atoms with Gasteiger partial charge in [-0.15, -0.1) is 10.2 Å². The molecule has 1 saturated carbocycles. The van der Waals surface area contributed by atoms with Gasteiger partial charge >= 0.3 is 12.2 Å². The number of nitrogens with zero attached hydrogens (tertiary/aromatic N) is 5. The number of ether oxygens (including phenoxy) is 1. The first-order valence-corrected chi connectivity index (χ1v) is 15.2. The van der Waals surface area contributed by atoms with E-state index in [-0.39, 0.29) is 6.01 Å². The lowest BCUT2D eigenvalue weighted by Crippen LogP contribution is -2.35. The van der Waals surface area contributed by atoms with Crippen molar-refractivity contribution in [2.24, 2.45) is 10.6 Å². The Hall–Kier alpha value is -2.88. The van der Waals surface area contributed by atoms with Crippen LogP contribution in [0.5, 0.6) is 6.01 Å². The predicted molar refractivity (Wildman–Crippen MR) is 143 cm³/mol. The van der Waals surface area contributed by atoms with Crippen molar-refractivity contribution in [3.8, 4) is 27.3 Å². The fraction of sp³-hybridized carbons (Fsp3) is 0.520. The van der Waals surface area contributed by atoms with Crippen molar-refractivity contribution in [2.75, 3.05) is 31.2 Å². The van der Waals surface area contributed by atoms with E-state index >= 15 is 0 Å². The van der Waals surface area contributed by atoms with Crippen molar-refractivity contribution in [3.05, 3.63) is 35.5 Å². The molecular weight excluding hydrogens is 569 g/mol. The Labute approximate surface area is 233 Å². The summed E-state index contributed by atoms with van der Waals surface area (Å²) in [6.07, 6.45) is -0.950. The average molecular weight is 599 g/mol. The van der Waals surface area contributed by atoms with Gasteiger partial charge in [0.15, 0.2) is 5.01 Å². The molecule has 1 spiro atoms. The summed E-state index contributed by atoms with van der Waals surface area (Å²) in [6, 6.07) is 6.57. The minimum atomic E-state index is -4.35. The van der Waals surface area contributed by atoms with E-state index in [1.807, 2.05) is 0 Å². The zero-order valence-electron chi connectivity index (χ0n) is 21.7. The van der Waals surface area contributed by atoms with Gasteiger partial charge in [-0.3, -0.25) is 0 Å². The molecule has 216 valence electrons. The van der Waals surface area contributed by atoms with Crippen LogP contribution in [0.4, 0.5) is 18.9 Å². The molecule has 1 aliphatic heterocycles. The molecule has 10 nitrogen and oxygen atoms in total. The van der Waals surface area contributed by atoms with Crippen molar-refractivity contribution in [1.29, 1.82) is 0 Å². The highest BCUT2D eigenvalue weighted by atomic mass is 32.2. The van der Waals surface area contributed by atoms with Crippen LogP contribution < -0.4 is 14.8 Å². The topological polar surface area (TPSA) is 144 Å². The monoisotopic (exact) mass is 598 g/mol. The molecule has 1 saturated heterocycles. The van der Waals surface area contributed by atoms with Gasteiger partial charge in [0.2, 0.25) is 10.0 Å². The smallest absolute Gasteiger partial charge is 0.392 e. The summed E-state index contributed by atoms with van der Waals surface area (Å²) in [4.78, 5) is 10.5. The van der Waals surface area contributed by atoms with Crippen molar-refractivity contribution < 1.29 is 31.4 Å². The first-order valence-electron chi connectivity index (χ1n) is 12.8. The van der Waals surface area contributed by atoms with Gasteiger partial charge in [0.05, 0.1) is 13.0 Å². The van der Waals surface area contributed by atoms with E-state index in [1.165, 1.54) is 24.2 Å². The number of primary sulfonamides is 1. The molecule has 5 rings (SSSR count). The maximum Gasteiger partial charge on any atom is 0.392 e. The van der Waals surface area contributed by atoms with Gasteiger partial charge in [0, 0.05) is 30.0 Å². The van der Waals surface area contributed by atoms with Crippen LogP contribution in [0.2, 0.25) is 0 Å². The SMILES string of the molecule is Cc1cc(-c2nnc(-c3ccc(C(CO)S(N)(=O)=O)cc3N3CCC4(CC3)CC4)s2)nc(OCCC(F)(F)F)n1. The van der Waals surface area contributed by atoms with Crippen LogP contribution in [-0.4, -0.2) is 66.2 Å². The van der Waals surface area contributed by atoms with Crippen molar-refractivity contribution >= 4 is 27.0 Å². The highest BCUT2D eigenvalue weighted by molar-refractivity contribution is 7.89. The summed E-state index contributed by atoms with van der Waals surface area (Å²) in [6.45, 7) is 2.01. The first kappa shape index (κ1) is 28.6. The molecule has 3 N–H and O–H groups in total. The van der Waals surface area contributed by atoms with Gasteiger partial charge in [-0.25, -0.2) is 18.5 Å². The maximum atomic E-state index is 12.5. The third-order valence-electron chi connectivity index (χ3n) is 7.40. The van der Waals surface area contributed by atoms with E-state index < -0.39 is 41.1 Å². The number of rotatable bonds is 9. The number of aryl methyl sites for hydroxylation is 1. The van der Waals surface area contributed by atoms with Gasteiger partial charge in [-0.1, -0.05) is 17.4 Å². The van der Waals surface area contributed by atoms with E-state index in [2.05, 4.69) is 25.1 Å². The molecule has 0 amide bonds. The minimum absolute atomic E-state index is 0.179. The number of sulfonamides is 1. The second-order valence-electron chi connectivity index (χ2n) is 10.3. The van der Waals surface area contributed by atoms with E-state index in [4.69, 9.17) is 9.88 Å². The zero-order chi connectivity index (χ0) is 28.7. The Morgan fingerprint density at radius 3 is 2.45 bits per heavy atom. The first-order chi connectivity index (χ1) is 18.9. The minimum Gasteiger partial charge on any atom is -0.463 e. The predicted octanol–water partition coefficient (Wildman–Crippen LogP) is 4.00. The number of aliphatic hydroxyl groups excluding tert-OH is 1. The molecule has 1 aliphatic carbocycles. The summed E-state index contributed by atoms with van der Waals surface area (Å²) in [5.41, 5.74) is 3.16. The number of hydrogen-bond donors (Lipinski definition) is 2. The largest absolute Gasteiger partial charge is 0.463 e. The Bertz CT molecular complexity index is 1480. The van der Waals surface area contributed by atoms with Crippen LogP contribution >= 0.6 is 11.3 Å². The van der Waals surface area contributed by atoms with Gasteiger partial charge < -0.3 is 14.7 Å². The Balaban J connectivity index is 1.46. The molecule has 0 radical (unpaired) electrons. The molecule has 2 fully saturated rings. The van der Waals surface area contributed by atoms with E-state index in [0.29, 0.717) is 32.4 Å². The Morgan fingerprint density at radius 1 is 1.12 bits per heavy atom. The zero-order valence-corrected chi connectivity index (χ0v) is 23.3. The molecular formula is C25H29F3N6O4S2. The number of aliphatic hydroxyl groups is 1. The van der Waals surface area contributed by atoms with Crippen LogP contribution in [0.3, 0.4) is 0 Å². The van der Waals surface area contributed by atoms with Crippen LogP contribution in [0.25, 0.3) is 21.3 Å². The molecule has 2 aromatic heterocycles. The Morgan fingerprint density at radius 2 is 1.82 bits per heavy atom. The van der Waals surface area contributed by atoms with E-state index in [1.54, 1.807) is 31.2 Å². The quantitative estimate of drug-likeness (QED) is 0.373. The third-order valence-corrected chi connectivity index (χ3v) is 9.60. The average Bonchev–Trinajstić information content (AvgIpc) is 3.43. The highest BCUT2D eigenvalue weighted by Gasteiger charge is 2.44. The molecule has 3 heterocycles. The van der Waals surface area contributed by atoms with Crippen LogP contribution in [0, 0.1) is 12.3 Å². The molecule has 40 heavy (non-hydrogen) atoms. The molecule has 0 bridgehead atoms. The number of nitrogens with two attached hydrogens (primary N) is 1. The Kier molecular flexibility index (Phi) is 7.76. The summed E-state index contributed by atoms with van der Waals surface area (Å²) in [7, 11) is -4.04.